The lowest BCUT2D eigenvalue weighted by Gasteiger charge is -2.16. The summed E-state index contributed by atoms with van der Waals surface area (Å²) in [5.41, 5.74) is 8.79. The lowest BCUT2D eigenvalue weighted by Crippen LogP contribution is -2.00. The van der Waals surface area contributed by atoms with E-state index in [1.165, 1.54) is 54.5 Å². The molecule has 55 heavy (non-hydrogen) atoms. The second-order valence-electron chi connectivity index (χ2n) is 14.0. The predicted molar refractivity (Wildman–Crippen MR) is 228 cm³/mol. The molecular formula is C51H32N4. The fourth-order valence-electron chi connectivity index (χ4n) is 8.31. The number of aromatic nitrogens is 4. The average molecular weight is 701 g/mol. The van der Waals surface area contributed by atoms with E-state index in [1.54, 1.807) is 0 Å². The Labute approximate surface area is 317 Å². The number of rotatable bonds is 5. The van der Waals surface area contributed by atoms with E-state index in [-0.39, 0.29) is 0 Å². The Morgan fingerprint density at radius 3 is 1.47 bits per heavy atom. The molecule has 0 spiro atoms. The highest BCUT2D eigenvalue weighted by atomic mass is 15.0. The molecule has 4 heteroatoms. The number of hydrogen-bond acceptors (Lipinski definition) is 3. The summed E-state index contributed by atoms with van der Waals surface area (Å²) in [6.45, 7) is 0. The Kier molecular flexibility index (Phi) is 7.14. The second kappa shape index (κ2) is 12.6. The maximum absolute atomic E-state index is 5.15. The van der Waals surface area contributed by atoms with Crippen molar-refractivity contribution in [2.75, 3.05) is 0 Å². The van der Waals surface area contributed by atoms with Crippen molar-refractivity contribution in [2.24, 2.45) is 0 Å². The van der Waals surface area contributed by atoms with Gasteiger partial charge in [0.15, 0.2) is 17.5 Å². The smallest absolute Gasteiger partial charge is 0.164 e. The molecule has 0 saturated heterocycles. The highest BCUT2D eigenvalue weighted by molar-refractivity contribution is 6.28. The molecule has 11 rings (SSSR count). The van der Waals surface area contributed by atoms with Gasteiger partial charge in [-0.15, -0.1) is 0 Å². The van der Waals surface area contributed by atoms with Crippen LogP contribution >= 0.6 is 0 Å². The third kappa shape index (κ3) is 5.11. The third-order valence-corrected chi connectivity index (χ3v) is 10.8. The van der Waals surface area contributed by atoms with Gasteiger partial charge in [0.2, 0.25) is 0 Å². The molecule has 9 aromatic carbocycles. The summed E-state index contributed by atoms with van der Waals surface area (Å²) in [6, 6.07) is 68.7. The van der Waals surface area contributed by atoms with Crippen LogP contribution in [-0.2, 0) is 0 Å². The first-order valence-electron chi connectivity index (χ1n) is 18.6. The van der Waals surface area contributed by atoms with E-state index < -0.39 is 0 Å². The van der Waals surface area contributed by atoms with Crippen LogP contribution in [-0.4, -0.2) is 19.5 Å². The van der Waals surface area contributed by atoms with Gasteiger partial charge < -0.3 is 4.57 Å². The standard InChI is InChI=1S/C51H32N4/c1-4-15-33(16-5-1)49-52-50(34-17-6-2-7-18-34)54-51(53-49)43-25-14-24-41-38-21-10-11-22-39(38)44-31-35(27-29-42(44)48(41)43)36-28-30-47-45(32-36)40-23-12-13-26-46(40)55(47)37-19-8-3-9-20-37/h1-32H. The fraction of sp³-hybridized carbons (Fsp3) is 0. The zero-order valence-electron chi connectivity index (χ0n) is 29.8. The van der Waals surface area contributed by atoms with Crippen LogP contribution in [0, 0.1) is 0 Å². The van der Waals surface area contributed by atoms with Gasteiger partial charge in [0.05, 0.1) is 11.0 Å². The summed E-state index contributed by atoms with van der Waals surface area (Å²) < 4.78 is 2.36. The van der Waals surface area contributed by atoms with Crippen molar-refractivity contribution < 1.29 is 0 Å². The molecule has 0 amide bonds. The SMILES string of the molecule is c1ccc(-c2nc(-c3ccccc3)nc(-c3cccc4c5ccccc5c5cc(-c6ccc7c(c6)c6ccccc6n7-c6ccccc6)ccc5c34)n2)cc1. The van der Waals surface area contributed by atoms with E-state index in [4.69, 9.17) is 15.0 Å². The van der Waals surface area contributed by atoms with Crippen LogP contribution in [0.2, 0.25) is 0 Å². The van der Waals surface area contributed by atoms with Crippen LogP contribution < -0.4 is 0 Å². The normalized spacial score (nSPS) is 11.6. The highest BCUT2D eigenvalue weighted by Crippen LogP contribution is 2.42. The molecule has 2 heterocycles. The molecule has 0 aliphatic heterocycles. The minimum Gasteiger partial charge on any atom is -0.309 e. The van der Waals surface area contributed by atoms with E-state index >= 15 is 0 Å². The van der Waals surface area contributed by atoms with Crippen LogP contribution in [0.3, 0.4) is 0 Å². The van der Waals surface area contributed by atoms with Crippen molar-refractivity contribution >= 4 is 54.1 Å². The van der Waals surface area contributed by atoms with Gasteiger partial charge in [0.1, 0.15) is 0 Å². The van der Waals surface area contributed by atoms with Crippen molar-refractivity contribution in [1.29, 1.82) is 0 Å². The Balaban J connectivity index is 1.15. The minimum atomic E-state index is 0.651. The van der Waals surface area contributed by atoms with Crippen LogP contribution in [0.1, 0.15) is 0 Å². The molecule has 0 N–H and O–H groups in total. The maximum atomic E-state index is 5.15. The van der Waals surface area contributed by atoms with Crippen LogP contribution in [0.25, 0.3) is 105 Å². The molecular weight excluding hydrogens is 669 g/mol. The lowest BCUT2D eigenvalue weighted by atomic mass is 9.89. The number of fused-ring (bicyclic) bond motifs is 9. The van der Waals surface area contributed by atoms with E-state index in [2.05, 4.69) is 162 Å². The molecule has 256 valence electrons. The first-order valence-corrected chi connectivity index (χ1v) is 18.6. The number of para-hydroxylation sites is 2. The molecule has 0 radical (unpaired) electrons. The summed E-state index contributed by atoms with van der Waals surface area (Å²) in [5, 5.41) is 9.56. The predicted octanol–water partition coefficient (Wildman–Crippen LogP) is 13.1. The van der Waals surface area contributed by atoms with Gasteiger partial charge in [-0.2, -0.15) is 0 Å². The largest absolute Gasteiger partial charge is 0.309 e. The Morgan fingerprint density at radius 2 is 0.782 bits per heavy atom. The van der Waals surface area contributed by atoms with E-state index in [1.807, 2.05) is 36.4 Å². The summed E-state index contributed by atoms with van der Waals surface area (Å²) in [4.78, 5) is 15.3. The second-order valence-corrected chi connectivity index (χ2v) is 14.0. The Hall–Kier alpha value is -7.43. The number of nitrogens with zero attached hydrogens (tertiary/aromatic N) is 4. The first kappa shape index (κ1) is 31.1. The molecule has 0 unspecified atom stereocenters. The lowest BCUT2D eigenvalue weighted by molar-refractivity contribution is 1.08. The summed E-state index contributed by atoms with van der Waals surface area (Å²) >= 11 is 0. The number of hydrogen-bond donors (Lipinski definition) is 0. The van der Waals surface area contributed by atoms with Gasteiger partial charge in [0.25, 0.3) is 0 Å². The van der Waals surface area contributed by atoms with Crippen LogP contribution in [0.5, 0.6) is 0 Å². The van der Waals surface area contributed by atoms with Crippen molar-refractivity contribution in [2.45, 2.75) is 0 Å². The van der Waals surface area contributed by atoms with Gasteiger partial charge in [-0.3, -0.25) is 0 Å². The molecule has 0 aliphatic rings. The Bertz CT molecular complexity index is 3180. The Morgan fingerprint density at radius 1 is 0.291 bits per heavy atom. The van der Waals surface area contributed by atoms with Crippen molar-refractivity contribution in [1.82, 2.24) is 19.5 Å². The van der Waals surface area contributed by atoms with Crippen molar-refractivity contribution in [3.8, 4) is 51.0 Å². The van der Waals surface area contributed by atoms with E-state index in [0.29, 0.717) is 17.5 Å². The molecule has 4 nitrogen and oxygen atoms in total. The quantitative estimate of drug-likeness (QED) is 0.168. The summed E-state index contributed by atoms with van der Waals surface area (Å²) in [5.74, 6) is 1.95. The summed E-state index contributed by atoms with van der Waals surface area (Å²) in [6.07, 6.45) is 0. The average Bonchev–Trinajstić information content (AvgIpc) is 3.60. The van der Waals surface area contributed by atoms with Crippen molar-refractivity contribution in [3.63, 3.8) is 0 Å². The summed E-state index contributed by atoms with van der Waals surface area (Å²) in [7, 11) is 0. The van der Waals surface area contributed by atoms with Gasteiger partial charge in [-0.05, 0) is 74.5 Å². The molecule has 0 atom stereocenters. The fourth-order valence-corrected chi connectivity index (χ4v) is 8.31. The maximum Gasteiger partial charge on any atom is 0.164 e. The monoisotopic (exact) mass is 700 g/mol. The zero-order valence-corrected chi connectivity index (χ0v) is 29.8. The van der Waals surface area contributed by atoms with Crippen LogP contribution in [0.15, 0.2) is 194 Å². The van der Waals surface area contributed by atoms with E-state index in [9.17, 15) is 0 Å². The molecule has 0 aliphatic carbocycles. The molecule has 0 saturated carbocycles. The first-order chi connectivity index (χ1) is 27.3. The highest BCUT2D eigenvalue weighted by Gasteiger charge is 2.19. The number of benzene rings is 9. The van der Waals surface area contributed by atoms with Gasteiger partial charge in [-0.25, -0.2) is 15.0 Å². The van der Waals surface area contributed by atoms with Gasteiger partial charge in [0, 0.05) is 38.5 Å². The molecule has 0 bridgehead atoms. The van der Waals surface area contributed by atoms with Gasteiger partial charge >= 0.3 is 0 Å². The molecule has 2 aromatic heterocycles. The van der Waals surface area contributed by atoms with Gasteiger partial charge in [-0.1, -0.05) is 158 Å². The third-order valence-electron chi connectivity index (χ3n) is 10.8. The van der Waals surface area contributed by atoms with E-state index in [0.717, 1.165) is 33.2 Å². The minimum absolute atomic E-state index is 0.651. The molecule has 11 aromatic rings. The topological polar surface area (TPSA) is 43.6 Å². The molecule has 0 fully saturated rings. The van der Waals surface area contributed by atoms with Crippen molar-refractivity contribution in [3.05, 3.63) is 194 Å². The zero-order chi connectivity index (χ0) is 36.3. The van der Waals surface area contributed by atoms with Crippen LogP contribution in [0.4, 0.5) is 0 Å².